The Bertz CT molecular complexity index is 256. The fourth-order valence-electron chi connectivity index (χ4n) is 4.25. The van der Waals surface area contributed by atoms with Crippen LogP contribution in [0.2, 0.25) is 0 Å². The molecule has 3 atom stereocenters. The van der Waals surface area contributed by atoms with Gasteiger partial charge in [0.05, 0.1) is 5.37 Å². The molecule has 0 spiro atoms. The molecule has 1 nitrogen and oxygen atoms in total. The maximum absolute atomic E-state index is 3.97. The topological polar surface area (TPSA) is 12.0 Å². The predicted octanol–water partition coefficient (Wildman–Crippen LogP) is 4.42. The summed E-state index contributed by atoms with van der Waals surface area (Å²) in [6.07, 6.45) is 11.8. The Morgan fingerprint density at radius 1 is 0.944 bits per heavy atom. The first-order valence-electron chi connectivity index (χ1n) is 8.15. The van der Waals surface area contributed by atoms with E-state index in [1.807, 2.05) is 0 Å². The van der Waals surface area contributed by atoms with Crippen molar-refractivity contribution < 1.29 is 0 Å². The largest absolute Gasteiger partial charge is 0.301 e. The number of rotatable bonds is 2. The molecule has 0 aromatic heterocycles. The molecule has 104 valence electrons. The van der Waals surface area contributed by atoms with Gasteiger partial charge in [-0.05, 0) is 56.3 Å². The van der Waals surface area contributed by atoms with E-state index >= 15 is 0 Å². The highest BCUT2D eigenvalue weighted by Crippen LogP contribution is 2.44. The molecule has 2 aliphatic carbocycles. The van der Waals surface area contributed by atoms with Gasteiger partial charge in [0.2, 0.25) is 0 Å². The summed E-state index contributed by atoms with van der Waals surface area (Å²) >= 11 is 2.30. The van der Waals surface area contributed by atoms with Gasteiger partial charge in [0.25, 0.3) is 0 Å². The number of fused-ring (bicyclic) bond motifs is 1. The summed E-state index contributed by atoms with van der Waals surface area (Å²) in [5.74, 6) is 2.88. The molecule has 3 rings (SSSR count). The normalized spacial score (nSPS) is 45.2. The molecule has 3 fully saturated rings. The van der Waals surface area contributed by atoms with Crippen molar-refractivity contribution in [3.63, 3.8) is 0 Å². The number of nitrogens with one attached hydrogen (secondary N) is 1. The van der Waals surface area contributed by atoms with Gasteiger partial charge in [0.1, 0.15) is 0 Å². The second-order valence-corrected chi connectivity index (χ2v) is 8.46. The van der Waals surface area contributed by atoms with Gasteiger partial charge in [0, 0.05) is 11.3 Å². The first kappa shape index (κ1) is 13.3. The van der Waals surface area contributed by atoms with Crippen LogP contribution in [-0.4, -0.2) is 16.7 Å². The van der Waals surface area contributed by atoms with Gasteiger partial charge < -0.3 is 5.32 Å². The third-order valence-corrected chi connectivity index (χ3v) is 7.32. The molecule has 0 amide bonds. The smallest absolute Gasteiger partial charge is 0.0566 e. The van der Waals surface area contributed by atoms with Gasteiger partial charge in [0.15, 0.2) is 0 Å². The lowest BCUT2D eigenvalue weighted by Crippen LogP contribution is -2.39. The van der Waals surface area contributed by atoms with Crippen molar-refractivity contribution in [1.29, 1.82) is 0 Å². The minimum atomic E-state index is 0.797. The molecule has 3 aliphatic rings. The van der Waals surface area contributed by atoms with Gasteiger partial charge in [-0.1, -0.05) is 26.7 Å². The first-order chi connectivity index (χ1) is 8.74. The molecule has 1 aliphatic heterocycles. The Hall–Kier alpha value is 0.310. The average molecular weight is 267 g/mol. The predicted molar refractivity (Wildman–Crippen MR) is 80.8 cm³/mol. The molecule has 1 saturated heterocycles. The number of hydrogen-bond acceptors (Lipinski definition) is 2. The minimum Gasteiger partial charge on any atom is -0.301 e. The number of hydrogen-bond donors (Lipinski definition) is 1. The summed E-state index contributed by atoms with van der Waals surface area (Å²) < 4.78 is 0. The SMILES string of the molecule is CC(C)C1CCC(C2NC3CCCCC3S2)CC1. The monoisotopic (exact) mass is 267 g/mol. The molecule has 0 aromatic rings. The van der Waals surface area contributed by atoms with E-state index in [1.54, 1.807) is 0 Å². The van der Waals surface area contributed by atoms with E-state index in [2.05, 4.69) is 30.9 Å². The molecular formula is C16H29NS. The number of thioether (sulfide) groups is 1. The highest BCUT2D eigenvalue weighted by Gasteiger charge is 2.40. The van der Waals surface area contributed by atoms with Crippen LogP contribution in [0.25, 0.3) is 0 Å². The lowest BCUT2D eigenvalue weighted by molar-refractivity contribution is 0.210. The molecular weight excluding hydrogens is 238 g/mol. The third kappa shape index (κ3) is 2.75. The van der Waals surface area contributed by atoms with Crippen molar-refractivity contribution in [2.24, 2.45) is 17.8 Å². The van der Waals surface area contributed by atoms with Crippen molar-refractivity contribution in [2.45, 2.75) is 81.9 Å². The van der Waals surface area contributed by atoms with Gasteiger partial charge >= 0.3 is 0 Å². The van der Waals surface area contributed by atoms with Gasteiger partial charge in [-0.2, -0.15) is 0 Å². The highest BCUT2D eigenvalue weighted by atomic mass is 32.2. The van der Waals surface area contributed by atoms with Gasteiger partial charge in [-0.25, -0.2) is 0 Å². The Balaban J connectivity index is 1.51. The van der Waals surface area contributed by atoms with Crippen LogP contribution in [-0.2, 0) is 0 Å². The molecule has 3 unspecified atom stereocenters. The van der Waals surface area contributed by atoms with Crippen molar-refractivity contribution in [3.05, 3.63) is 0 Å². The van der Waals surface area contributed by atoms with Crippen LogP contribution in [0.3, 0.4) is 0 Å². The van der Waals surface area contributed by atoms with Gasteiger partial charge in [-0.3, -0.25) is 0 Å². The first-order valence-corrected chi connectivity index (χ1v) is 9.10. The van der Waals surface area contributed by atoms with E-state index in [0.717, 1.165) is 34.4 Å². The maximum Gasteiger partial charge on any atom is 0.0566 e. The van der Waals surface area contributed by atoms with E-state index < -0.39 is 0 Å². The van der Waals surface area contributed by atoms with Crippen LogP contribution in [0, 0.1) is 17.8 Å². The van der Waals surface area contributed by atoms with Crippen LogP contribution >= 0.6 is 11.8 Å². The Kier molecular flexibility index (Phi) is 4.25. The summed E-state index contributed by atoms with van der Waals surface area (Å²) in [4.78, 5) is 0. The fraction of sp³-hybridized carbons (Fsp3) is 1.00. The quantitative estimate of drug-likeness (QED) is 0.794. The van der Waals surface area contributed by atoms with Crippen molar-refractivity contribution in [2.75, 3.05) is 0 Å². The van der Waals surface area contributed by atoms with Crippen molar-refractivity contribution >= 4 is 11.8 Å². The second-order valence-electron chi connectivity index (χ2n) is 7.07. The van der Waals surface area contributed by atoms with Crippen molar-refractivity contribution in [1.82, 2.24) is 5.32 Å². The lowest BCUT2D eigenvalue weighted by atomic mass is 9.77. The Morgan fingerprint density at radius 3 is 2.33 bits per heavy atom. The molecule has 18 heavy (non-hydrogen) atoms. The van der Waals surface area contributed by atoms with E-state index in [0.29, 0.717) is 0 Å². The van der Waals surface area contributed by atoms with Crippen LogP contribution in [0.1, 0.15) is 65.2 Å². The van der Waals surface area contributed by atoms with Crippen LogP contribution < -0.4 is 5.32 Å². The Labute approximate surface area is 117 Å². The lowest BCUT2D eigenvalue weighted by Gasteiger charge is -2.33. The average Bonchev–Trinajstić information content (AvgIpc) is 2.82. The molecule has 0 radical (unpaired) electrons. The van der Waals surface area contributed by atoms with Crippen LogP contribution in [0.5, 0.6) is 0 Å². The summed E-state index contributed by atoms with van der Waals surface area (Å²) in [7, 11) is 0. The molecule has 0 aromatic carbocycles. The van der Waals surface area contributed by atoms with Crippen molar-refractivity contribution in [3.8, 4) is 0 Å². The summed E-state index contributed by atoms with van der Waals surface area (Å²) in [6.45, 7) is 4.81. The zero-order valence-electron chi connectivity index (χ0n) is 12.0. The molecule has 1 N–H and O–H groups in total. The van der Waals surface area contributed by atoms with E-state index in [-0.39, 0.29) is 0 Å². The maximum atomic E-state index is 3.97. The minimum absolute atomic E-state index is 0.797. The zero-order chi connectivity index (χ0) is 12.5. The second kappa shape index (κ2) is 5.75. The van der Waals surface area contributed by atoms with Gasteiger partial charge in [-0.15, -0.1) is 11.8 Å². The van der Waals surface area contributed by atoms with E-state index in [4.69, 9.17) is 0 Å². The Morgan fingerprint density at radius 2 is 1.67 bits per heavy atom. The molecule has 2 heteroatoms. The van der Waals surface area contributed by atoms with Crippen LogP contribution in [0.15, 0.2) is 0 Å². The van der Waals surface area contributed by atoms with Crippen LogP contribution in [0.4, 0.5) is 0 Å². The van der Waals surface area contributed by atoms with E-state index in [1.165, 1.54) is 51.4 Å². The van der Waals surface area contributed by atoms with E-state index in [9.17, 15) is 0 Å². The molecule has 2 saturated carbocycles. The summed E-state index contributed by atoms with van der Waals surface area (Å²) in [6, 6.07) is 0.858. The standard InChI is InChI=1S/C16H29NS/c1-11(2)12-7-9-13(10-8-12)16-17-14-5-3-4-6-15(14)18-16/h11-17H,3-10H2,1-2H3. The third-order valence-electron chi connectivity index (χ3n) is 5.59. The molecule has 1 heterocycles. The molecule has 0 bridgehead atoms. The summed E-state index contributed by atoms with van der Waals surface area (Å²) in [5.41, 5.74) is 0. The zero-order valence-corrected chi connectivity index (χ0v) is 12.8. The fourth-order valence-corrected chi connectivity index (χ4v) is 6.08. The highest BCUT2D eigenvalue weighted by molar-refractivity contribution is 8.00. The summed E-state index contributed by atoms with van der Waals surface area (Å²) in [5, 5.41) is 5.72.